The van der Waals surface area contributed by atoms with Gasteiger partial charge in [0.15, 0.2) is 11.6 Å². The van der Waals surface area contributed by atoms with E-state index in [9.17, 15) is 9.59 Å². The van der Waals surface area contributed by atoms with E-state index in [4.69, 9.17) is 16.1 Å². The highest BCUT2D eigenvalue weighted by atomic mass is 32.1. The van der Waals surface area contributed by atoms with Crippen molar-refractivity contribution in [2.45, 2.75) is 20.3 Å². The number of imide groups is 1. The van der Waals surface area contributed by atoms with E-state index in [1.807, 2.05) is 55.6 Å². The largest absolute Gasteiger partial charge is 0.497 e. The molecular formula is C26H22N4O3S. The monoisotopic (exact) mass is 470 g/mol. The Balaban J connectivity index is 1.88. The molecule has 1 aliphatic heterocycles. The minimum absolute atomic E-state index is 0.0424. The highest BCUT2D eigenvalue weighted by molar-refractivity contribution is 7.13. The molecule has 7 nitrogen and oxygen atoms in total. The van der Waals surface area contributed by atoms with Gasteiger partial charge in [0.2, 0.25) is 0 Å². The van der Waals surface area contributed by atoms with Crippen molar-refractivity contribution in [2.24, 2.45) is 0 Å². The Hall–Kier alpha value is -4.22. The number of carbonyl (C=O) groups excluding carboxylic acids is 2. The summed E-state index contributed by atoms with van der Waals surface area (Å²) in [6.45, 7) is 7.39. The zero-order valence-corrected chi connectivity index (χ0v) is 19.8. The minimum atomic E-state index is -0.487. The van der Waals surface area contributed by atoms with Crippen LogP contribution in [0.5, 0.6) is 5.75 Å². The predicted octanol–water partition coefficient (Wildman–Crippen LogP) is 4.73. The summed E-state index contributed by atoms with van der Waals surface area (Å²) in [5, 5.41) is 2.87. The molecule has 2 amide bonds. The highest BCUT2D eigenvalue weighted by Gasteiger charge is 2.34. The average molecular weight is 471 g/mol. The number of hydrogen-bond donors (Lipinski definition) is 1. The van der Waals surface area contributed by atoms with Crippen LogP contribution in [0.15, 0.2) is 53.9 Å². The molecule has 0 atom stereocenters. The van der Waals surface area contributed by atoms with Gasteiger partial charge in [-0.05, 0) is 48.6 Å². The SMILES string of the molecule is C#C/C(=C(/C)c1c(C)nc(-c2cccs2)nc1NN1C(=O)CC(=C)C1=O)c1ccc(OC)cc1. The molecule has 1 saturated heterocycles. The number of methoxy groups -OCH3 is 1. The van der Waals surface area contributed by atoms with Gasteiger partial charge in [0.05, 0.1) is 24.1 Å². The van der Waals surface area contributed by atoms with Crippen LogP contribution in [0.25, 0.3) is 21.8 Å². The van der Waals surface area contributed by atoms with Crippen LogP contribution in [0.3, 0.4) is 0 Å². The first-order valence-corrected chi connectivity index (χ1v) is 11.3. The maximum atomic E-state index is 12.5. The molecule has 0 saturated carbocycles. The summed E-state index contributed by atoms with van der Waals surface area (Å²) in [6, 6.07) is 11.2. The van der Waals surface area contributed by atoms with Crippen molar-refractivity contribution in [2.75, 3.05) is 12.5 Å². The van der Waals surface area contributed by atoms with Crippen molar-refractivity contribution < 1.29 is 14.3 Å². The number of aryl methyl sites for hydroxylation is 1. The van der Waals surface area contributed by atoms with E-state index in [0.29, 0.717) is 34.2 Å². The molecule has 2 aromatic heterocycles. The number of aromatic nitrogens is 2. The van der Waals surface area contributed by atoms with Crippen LogP contribution in [0, 0.1) is 19.3 Å². The molecule has 34 heavy (non-hydrogen) atoms. The molecule has 0 aliphatic carbocycles. The van der Waals surface area contributed by atoms with E-state index >= 15 is 0 Å². The molecule has 0 bridgehead atoms. The highest BCUT2D eigenvalue weighted by Crippen LogP contribution is 2.35. The predicted molar refractivity (Wildman–Crippen MR) is 134 cm³/mol. The van der Waals surface area contributed by atoms with Gasteiger partial charge in [-0.3, -0.25) is 15.0 Å². The fourth-order valence-electron chi connectivity index (χ4n) is 3.74. The number of anilines is 1. The van der Waals surface area contributed by atoms with Gasteiger partial charge < -0.3 is 4.74 Å². The Morgan fingerprint density at radius 2 is 1.97 bits per heavy atom. The summed E-state index contributed by atoms with van der Waals surface area (Å²) in [6.07, 6.45) is 5.88. The fourth-order valence-corrected chi connectivity index (χ4v) is 4.39. The van der Waals surface area contributed by atoms with Gasteiger partial charge in [0.1, 0.15) is 5.75 Å². The zero-order valence-electron chi connectivity index (χ0n) is 19.0. The van der Waals surface area contributed by atoms with Crippen LogP contribution in [0.4, 0.5) is 5.82 Å². The summed E-state index contributed by atoms with van der Waals surface area (Å²) in [7, 11) is 1.60. The second kappa shape index (κ2) is 9.33. The number of rotatable bonds is 6. The number of hydrazine groups is 1. The lowest BCUT2D eigenvalue weighted by atomic mass is 9.95. The third-order valence-electron chi connectivity index (χ3n) is 5.44. The Morgan fingerprint density at radius 3 is 2.53 bits per heavy atom. The molecule has 8 heteroatoms. The lowest BCUT2D eigenvalue weighted by molar-refractivity contribution is -0.136. The number of terminal acetylenes is 1. The standard InChI is InChI=1S/C26H22N4O3S/c1-6-20(18-9-11-19(33-5)12-10-18)16(3)23-17(4)27-24(21-8-7-13-34-21)28-25(23)29-30-22(31)14-15(2)26(30)32/h1,7-13H,2,14H2,3-5H3,(H,27,28,29)/b20-16+. The van der Waals surface area contributed by atoms with Crippen LogP contribution in [0.2, 0.25) is 0 Å². The summed E-state index contributed by atoms with van der Waals surface area (Å²) in [4.78, 5) is 35.2. The van der Waals surface area contributed by atoms with Crippen molar-refractivity contribution in [1.29, 1.82) is 0 Å². The molecule has 0 spiro atoms. The lowest BCUT2D eigenvalue weighted by Crippen LogP contribution is -2.36. The smallest absolute Gasteiger partial charge is 0.275 e. The maximum Gasteiger partial charge on any atom is 0.275 e. The molecule has 1 aromatic carbocycles. The lowest BCUT2D eigenvalue weighted by Gasteiger charge is -2.21. The third kappa shape index (κ3) is 4.21. The van der Waals surface area contributed by atoms with Gasteiger partial charge in [-0.15, -0.1) is 17.8 Å². The Kier molecular flexibility index (Phi) is 6.30. The Morgan fingerprint density at radius 1 is 1.24 bits per heavy atom. The van der Waals surface area contributed by atoms with Crippen molar-refractivity contribution in [1.82, 2.24) is 15.0 Å². The zero-order chi connectivity index (χ0) is 24.4. The molecular weight excluding hydrogens is 448 g/mol. The molecule has 1 N–H and O–H groups in total. The molecule has 3 aromatic rings. The number of benzene rings is 1. The van der Waals surface area contributed by atoms with Gasteiger partial charge in [0.25, 0.3) is 11.8 Å². The van der Waals surface area contributed by atoms with E-state index in [-0.39, 0.29) is 12.0 Å². The van der Waals surface area contributed by atoms with E-state index in [0.717, 1.165) is 21.0 Å². The van der Waals surface area contributed by atoms with Gasteiger partial charge in [-0.25, -0.2) is 9.97 Å². The van der Waals surface area contributed by atoms with Crippen molar-refractivity contribution in [3.05, 3.63) is 70.8 Å². The number of carbonyl (C=O) groups is 2. The first-order valence-electron chi connectivity index (χ1n) is 10.4. The average Bonchev–Trinajstić information content (AvgIpc) is 3.44. The number of nitrogens with zero attached hydrogens (tertiary/aromatic N) is 3. The number of nitrogens with one attached hydrogen (secondary N) is 1. The second-order valence-corrected chi connectivity index (χ2v) is 8.58. The topological polar surface area (TPSA) is 84.4 Å². The van der Waals surface area contributed by atoms with E-state index in [2.05, 4.69) is 22.9 Å². The Bertz CT molecular complexity index is 1370. The summed E-state index contributed by atoms with van der Waals surface area (Å²) in [5.74, 6) is 3.39. The number of hydrogen-bond acceptors (Lipinski definition) is 7. The van der Waals surface area contributed by atoms with Crippen molar-refractivity contribution in [3.63, 3.8) is 0 Å². The number of thiophene rings is 1. The second-order valence-electron chi connectivity index (χ2n) is 7.63. The number of amides is 2. The first kappa shape index (κ1) is 23.0. The summed E-state index contributed by atoms with van der Waals surface area (Å²) >= 11 is 1.49. The number of ether oxygens (including phenoxy) is 1. The molecule has 0 radical (unpaired) electrons. The first-order chi connectivity index (χ1) is 16.3. The molecule has 1 fully saturated rings. The van der Waals surface area contributed by atoms with Crippen LogP contribution in [-0.4, -0.2) is 33.9 Å². The van der Waals surface area contributed by atoms with Crippen LogP contribution < -0.4 is 10.2 Å². The van der Waals surface area contributed by atoms with Crippen LogP contribution in [0.1, 0.15) is 30.2 Å². The van der Waals surface area contributed by atoms with Crippen molar-refractivity contribution in [3.8, 4) is 28.8 Å². The maximum absolute atomic E-state index is 12.5. The van der Waals surface area contributed by atoms with E-state index in [1.54, 1.807) is 7.11 Å². The molecule has 170 valence electrons. The van der Waals surface area contributed by atoms with Crippen molar-refractivity contribution >= 4 is 40.1 Å². The van der Waals surface area contributed by atoms with Crippen LogP contribution in [-0.2, 0) is 9.59 Å². The van der Waals surface area contributed by atoms with E-state index in [1.165, 1.54) is 11.3 Å². The van der Waals surface area contributed by atoms with Gasteiger partial charge >= 0.3 is 0 Å². The minimum Gasteiger partial charge on any atom is -0.497 e. The quantitative estimate of drug-likeness (QED) is 0.319. The van der Waals surface area contributed by atoms with E-state index < -0.39 is 11.8 Å². The van der Waals surface area contributed by atoms with Gasteiger partial charge in [-0.2, -0.15) is 5.01 Å². The molecule has 3 heterocycles. The summed E-state index contributed by atoms with van der Waals surface area (Å²) in [5.41, 5.74) is 6.57. The summed E-state index contributed by atoms with van der Waals surface area (Å²) < 4.78 is 5.24. The van der Waals surface area contributed by atoms with Gasteiger partial charge in [0, 0.05) is 16.7 Å². The molecule has 0 unspecified atom stereocenters. The normalized spacial score (nSPS) is 14.2. The Labute approximate surface area is 201 Å². The molecule has 4 rings (SSSR count). The van der Waals surface area contributed by atoms with Gasteiger partial charge in [-0.1, -0.05) is 30.7 Å². The molecule has 1 aliphatic rings. The third-order valence-corrected chi connectivity index (χ3v) is 6.31. The van der Waals surface area contributed by atoms with Crippen LogP contribution >= 0.6 is 11.3 Å². The fraction of sp³-hybridized carbons (Fsp3) is 0.154. The number of allylic oxidation sites excluding steroid dienone is 2.